The van der Waals surface area contributed by atoms with E-state index < -0.39 is 10.8 Å². The van der Waals surface area contributed by atoms with Crippen LogP contribution in [0.3, 0.4) is 0 Å². The Morgan fingerprint density at radius 2 is 0.750 bits per heavy atom. The van der Waals surface area contributed by atoms with Gasteiger partial charge >= 0.3 is 0 Å². The predicted octanol–water partition coefficient (Wildman–Crippen LogP) is 18.5. The Bertz CT molecular complexity index is 4690. The summed E-state index contributed by atoms with van der Waals surface area (Å²) in [5.41, 5.74) is 29.8. The summed E-state index contributed by atoms with van der Waals surface area (Å²) in [5.74, 6) is 2.00. The van der Waals surface area contributed by atoms with Gasteiger partial charge in [0.05, 0.1) is 10.8 Å². The third kappa shape index (κ3) is 5.74. The summed E-state index contributed by atoms with van der Waals surface area (Å²) in [7, 11) is 0. The van der Waals surface area contributed by atoms with E-state index in [0.29, 0.717) is 11.8 Å². The maximum absolute atomic E-state index is 7.13. The zero-order valence-corrected chi connectivity index (χ0v) is 43.3. The van der Waals surface area contributed by atoms with E-state index >= 15 is 0 Å². The van der Waals surface area contributed by atoms with Crippen molar-refractivity contribution in [3.63, 3.8) is 0 Å². The van der Waals surface area contributed by atoms with Gasteiger partial charge in [0.1, 0.15) is 11.3 Å². The lowest BCUT2D eigenvalue weighted by atomic mass is 9.70. The van der Waals surface area contributed by atoms with Crippen LogP contribution in [0.15, 0.2) is 264 Å². The highest BCUT2D eigenvalue weighted by Crippen LogP contribution is 2.65. The Morgan fingerprint density at radius 1 is 0.325 bits per heavy atom. The second-order valence-corrected chi connectivity index (χ2v) is 22.2. The summed E-state index contributed by atoms with van der Waals surface area (Å²) in [5, 5.41) is 10.0. The fourth-order valence-corrected chi connectivity index (χ4v) is 15.2. The molecule has 2 spiro atoms. The van der Waals surface area contributed by atoms with Gasteiger partial charge < -0.3 is 8.83 Å². The van der Waals surface area contributed by atoms with Crippen molar-refractivity contribution < 1.29 is 8.83 Å². The first-order chi connectivity index (χ1) is 39.6. The smallest absolute Gasteiger partial charge is 0.248 e. The van der Waals surface area contributed by atoms with E-state index in [-0.39, 0.29) is 5.92 Å². The summed E-state index contributed by atoms with van der Waals surface area (Å²) in [6.45, 7) is 0. The first kappa shape index (κ1) is 43.9. The van der Waals surface area contributed by atoms with Gasteiger partial charge in [0, 0.05) is 33.6 Å². The number of nitrogens with zero attached hydrogens (tertiary/aromatic N) is 2. The molecule has 1 atom stereocenters. The molecular formula is C76H46N2O2. The zero-order valence-electron chi connectivity index (χ0n) is 43.3. The molecule has 0 aliphatic heterocycles. The van der Waals surface area contributed by atoms with Crippen molar-refractivity contribution in [2.45, 2.75) is 23.2 Å². The molecular weight excluding hydrogens is 973 g/mol. The molecule has 0 radical (unpaired) electrons. The van der Waals surface area contributed by atoms with Crippen molar-refractivity contribution in [2.75, 3.05) is 0 Å². The van der Waals surface area contributed by atoms with E-state index in [9.17, 15) is 0 Å². The van der Waals surface area contributed by atoms with Gasteiger partial charge in [-0.05, 0) is 166 Å². The Balaban J connectivity index is 0.801. The lowest BCUT2D eigenvalue weighted by Crippen LogP contribution is -2.26. The molecule has 0 saturated carbocycles. The summed E-state index contributed by atoms with van der Waals surface area (Å²) in [6, 6.07) is 92.0. The maximum Gasteiger partial charge on any atom is 0.248 e. The standard InChI is InChI=1S/C76H46N2O2/c1-2-16-46(17-3-1)73-77-78-74(80-73)47-32-30-45(31-33-47)60-41-51(50-35-38-59-57-23-9-15-29-68(57)76(70(59)44-50)65-26-12-6-20-54(65)55-21-7-13-27-66(55)76)42-62-61-40-48(36-39-71(61)79-72(60)62)49-34-37-58-56-22-8-14-28-67(56)75(69(58)43-49)63-24-10-4-18-52(63)53-19-5-11-25-64(53)75/h1-39,41-44,48H,40H2. The van der Waals surface area contributed by atoms with Crippen LogP contribution in [0.1, 0.15) is 67.3 Å². The molecule has 0 bridgehead atoms. The molecule has 80 heavy (non-hydrogen) atoms. The van der Waals surface area contributed by atoms with E-state index in [4.69, 9.17) is 8.83 Å². The Morgan fingerprint density at radius 3 is 1.27 bits per heavy atom. The summed E-state index contributed by atoms with van der Waals surface area (Å²) >= 11 is 0. The molecule has 4 heteroatoms. The minimum Gasteiger partial charge on any atom is -0.456 e. The van der Waals surface area contributed by atoms with E-state index in [0.717, 1.165) is 56.5 Å². The molecule has 13 aromatic rings. The van der Waals surface area contributed by atoms with Gasteiger partial charge in [0.2, 0.25) is 11.8 Å². The number of hydrogen-bond acceptors (Lipinski definition) is 4. The van der Waals surface area contributed by atoms with Crippen molar-refractivity contribution >= 4 is 17.0 Å². The molecule has 372 valence electrons. The average Bonchev–Trinajstić information content (AvgIpc) is 4.43. The number of hydrogen-bond donors (Lipinski definition) is 0. The number of rotatable bonds is 5. The molecule has 18 rings (SSSR count). The molecule has 5 aliphatic carbocycles. The first-order valence-corrected chi connectivity index (χ1v) is 27.8. The topological polar surface area (TPSA) is 52.1 Å². The van der Waals surface area contributed by atoms with Crippen molar-refractivity contribution in [3.8, 4) is 89.7 Å². The molecule has 1 unspecified atom stereocenters. The molecule has 2 heterocycles. The Kier molecular flexibility index (Phi) is 8.89. The van der Waals surface area contributed by atoms with Crippen LogP contribution in [0.5, 0.6) is 0 Å². The second kappa shape index (κ2) is 16.2. The summed E-state index contributed by atoms with van der Waals surface area (Å²) < 4.78 is 13.4. The van der Waals surface area contributed by atoms with Crippen LogP contribution in [-0.2, 0) is 17.3 Å². The first-order valence-electron chi connectivity index (χ1n) is 27.8. The van der Waals surface area contributed by atoms with E-state index in [1.165, 1.54) is 100 Å². The molecule has 2 aromatic heterocycles. The zero-order chi connectivity index (χ0) is 52.3. The van der Waals surface area contributed by atoms with E-state index in [2.05, 4.69) is 241 Å². The van der Waals surface area contributed by atoms with Crippen LogP contribution in [0, 0.1) is 0 Å². The highest BCUT2D eigenvalue weighted by Gasteiger charge is 2.53. The molecule has 0 saturated heterocycles. The quantitative estimate of drug-likeness (QED) is 0.172. The van der Waals surface area contributed by atoms with Crippen LogP contribution >= 0.6 is 0 Å². The van der Waals surface area contributed by atoms with E-state index in [1.807, 2.05) is 30.3 Å². The lowest BCUT2D eigenvalue weighted by molar-refractivity contribution is 0.584. The Hall–Kier alpha value is -10.2. The molecule has 0 N–H and O–H groups in total. The molecule has 5 aliphatic rings. The molecule has 0 amide bonds. The van der Waals surface area contributed by atoms with Crippen LogP contribution in [0.2, 0.25) is 0 Å². The number of aromatic nitrogens is 2. The van der Waals surface area contributed by atoms with E-state index in [1.54, 1.807) is 0 Å². The van der Waals surface area contributed by atoms with Crippen LogP contribution in [0.25, 0.3) is 107 Å². The normalized spacial score (nSPS) is 15.5. The number of furan rings is 1. The van der Waals surface area contributed by atoms with Crippen molar-refractivity contribution in [3.05, 3.63) is 316 Å². The molecule has 11 aromatic carbocycles. The number of benzene rings is 11. The van der Waals surface area contributed by atoms with Gasteiger partial charge in [-0.15, -0.1) is 10.2 Å². The highest BCUT2D eigenvalue weighted by molar-refractivity contribution is 6.02. The van der Waals surface area contributed by atoms with Crippen molar-refractivity contribution in [2.24, 2.45) is 0 Å². The third-order valence-corrected chi connectivity index (χ3v) is 18.5. The Labute approximate surface area is 462 Å². The van der Waals surface area contributed by atoms with Gasteiger partial charge in [-0.1, -0.05) is 212 Å². The van der Waals surface area contributed by atoms with Crippen LogP contribution in [-0.4, -0.2) is 10.2 Å². The minimum absolute atomic E-state index is 0.115. The summed E-state index contributed by atoms with van der Waals surface area (Å²) in [4.78, 5) is 0. The SMILES string of the molecule is C1=CC(c2ccc3c(c2)C2(c4ccccc4-c4ccccc42)c2ccccc2-3)Cc2c1oc1c(-c3ccc(-c4nnc(-c5ccccc5)o4)cc3)cc(-c3ccc4c(c3)C3(c5ccccc5-c5ccccc53)c3ccccc3-4)cc21. The minimum atomic E-state index is -0.460. The van der Waals surface area contributed by atoms with Crippen molar-refractivity contribution in [1.29, 1.82) is 0 Å². The third-order valence-electron chi connectivity index (χ3n) is 18.5. The van der Waals surface area contributed by atoms with Crippen LogP contribution in [0.4, 0.5) is 0 Å². The van der Waals surface area contributed by atoms with Gasteiger partial charge in [-0.3, -0.25) is 0 Å². The number of fused-ring (bicyclic) bond motifs is 23. The highest BCUT2D eigenvalue weighted by atomic mass is 16.4. The van der Waals surface area contributed by atoms with Crippen molar-refractivity contribution in [1.82, 2.24) is 10.2 Å². The second-order valence-electron chi connectivity index (χ2n) is 22.2. The van der Waals surface area contributed by atoms with Gasteiger partial charge in [0.25, 0.3) is 0 Å². The van der Waals surface area contributed by atoms with Crippen LogP contribution < -0.4 is 0 Å². The molecule has 4 nitrogen and oxygen atoms in total. The number of allylic oxidation sites excluding steroid dienone is 1. The maximum atomic E-state index is 7.13. The lowest BCUT2D eigenvalue weighted by Gasteiger charge is -2.31. The molecule has 0 fully saturated rings. The van der Waals surface area contributed by atoms with Gasteiger partial charge in [-0.2, -0.15) is 0 Å². The fourth-order valence-electron chi connectivity index (χ4n) is 15.2. The fraction of sp³-hybridized carbons (Fsp3) is 0.0526. The van der Waals surface area contributed by atoms with Gasteiger partial charge in [-0.25, -0.2) is 0 Å². The summed E-state index contributed by atoms with van der Waals surface area (Å²) in [6.07, 6.45) is 5.40. The largest absolute Gasteiger partial charge is 0.456 e. The average molecular weight is 1020 g/mol. The monoisotopic (exact) mass is 1020 g/mol. The predicted molar refractivity (Wildman–Crippen MR) is 320 cm³/mol. The van der Waals surface area contributed by atoms with Gasteiger partial charge in [0.15, 0.2) is 0 Å².